The van der Waals surface area contributed by atoms with E-state index in [1.54, 1.807) is 24.8 Å². The van der Waals surface area contributed by atoms with E-state index in [0.717, 1.165) is 11.1 Å². The zero-order chi connectivity index (χ0) is 23.4. The van der Waals surface area contributed by atoms with Crippen LogP contribution in [0.3, 0.4) is 0 Å². The summed E-state index contributed by atoms with van der Waals surface area (Å²) in [5.74, 6) is -1.33. The molecule has 4 rings (SSSR count). The maximum Gasteiger partial charge on any atom is 0.228 e. The normalized spacial score (nSPS) is 24.9. The fourth-order valence-corrected chi connectivity index (χ4v) is 5.51. The van der Waals surface area contributed by atoms with Gasteiger partial charge in [0.25, 0.3) is 0 Å². The third-order valence-electron chi connectivity index (χ3n) is 7.00. The summed E-state index contributed by atoms with van der Waals surface area (Å²) in [6, 6.07) is 6.40. The van der Waals surface area contributed by atoms with Crippen molar-refractivity contribution in [3.63, 3.8) is 0 Å². The second-order valence-corrected chi connectivity index (χ2v) is 9.93. The maximum absolute atomic E-state index is 14.9. The van der Waals surface area contributed by atoms with Crippen LogP contribution in [0.25, 0.3) is 0 Å². The topological polar surface area (TPSA) is 60.8 Å². The molecule has 0 bridgehead atoms. The molecule has 172 valence electrons. The smallest absolute Gasteiger partial charge is 0.228 e. The van der Waals surface area contributed by atoms with Crippen LogP contribution in [-0.4, -0.2) is 39.3 Å². The number of carbonyl (C=O) groups is 1. The van der Waals surface area contributed by atoms with Crippen LogP contribution in [0.2, 0.25) is 5.02 Å². The Morgan fingerprint density at radius 3 is 2.53 bits per heavy atom. The standard InChI is InChI=1S/C25H28ClF2NO3/c1-13-15-7-8-22(28)24(17-10-19(17)25(2,3)32)16(15)9-14(12-30)29(13)23(31)11-18-20(26)5-4-6-21(18)27/h4-8,13-14,17,19,30,32H,9-12H2,1-3H3/t13-,14+,17?,19+/m0/s1. The van der Waals surface area contributed by atoms with Crippen molar-refractivity contribution in [2.75, 3.05) is 6.61 Å². The Morgan fingerprint density at radius 2 is 1.94 bits per heavy atom. The average Bonchev–Trinajstić information content (AvgIpc) is 3.51. The van der Waals surface area contributed by atoms with E-state index < -0.39 is 23.5 Å². The van der Waals surface area contributed by atoms with Crippen molar-refractivity contribution in [1.29, 1.82) is 0 Å². The lowest BCUT2D eigenvalue weighted by atomic mass is 9.83. The molecule has 0 spiro atoms. The van der Waals surface area contributed by atoms with Crippen LogP contribution in [0.1, 0.15) is 61.4 Å². The highest BCUT2D eigenvalue weighted by molar-refractivity contribution is 6.31. The second-order valence-electron chi connectivity index (χ2n) is 9.53. The summed E-state index contributed by atoms with van der Waals surface area (Å²) in [7, 11) is 0. The van der Waals surface area contributed by atoms with Crippen molar-refractivity contribution in [1.82, 2.24) is 4.90 Å². The van der Waals surface area contributed by atoms with E-state index in [1.807, 2.05) is 6.92 Å². The van der Waals surface area contributed by atoms with Gasteiger partial charge in [-0.2, -0.15) is 0 Å². The largest absolute Gasteiger partial charge is 0.394 e. The Hall–Kier alpha value is -2.02. The lowest BCUT2D eigenvalue weighted by Gasteiger charge is -2.42. The van der Waals surface area contributed by atoms with Gasteiger partial charge in [0.2, 0.25) is 5.91 Å². The van der Waals surface area contributed by atoms with Crippen LogP contribution < -0.4 is 0 Å². The van der Waals surface area contributed by atoms with Gasteiger partial charge in [-0.05, 0) is 80.3 Å². The summed E-state index contributed by atoms with van der Waals surface area (Å²) in [6.45, 7) is 5.01. The quantitative estimate of drug-likeness (QED) is 0.684. The van der Waals surface area contributed by atoms with Crippen LogP contribution in [-0.2, 0) is 17.6 Å². The number of benzene rings is 2. The molecule has 7 heteroatoms. The molecule has 1 fully saturated rings. The summed E-state index contributed by atoms with van der Waals surface area (Å²) < 4.78 is 29.2. The summed E-state index contributed by atoms with van der Waals surface area (Å²) in [6.07, 6.45) is 0.775. The molecule has 2 aromatic rings. The first-order valence-corrected chi connectivity index (χ1v) is 11.3. The highest BCUT2D eigenvalue weighted by atomic mass is 35.5. The molecule has 4 atom stereocenters. The Kier molecular flexibility index (Phi) is 6.07. The Bertz CT molecular complexity index is 1030. The van der Waals surface area contributed by atoms with Crippen molar-refractivity contribution in [2.45, 2.75) is 63.6 Å². The zero-order valence-corrected chi connectivity index (χ0v) is 19.2. The van der Waals surface area contributed by atoms with E-state index in [1.165, 1.54) is 24.3 Å². The number of hydrogen-bond acceptors (Lipinski definition) is 3. The van der Waals surface area contributed by atoms with E-state index in [4.69, 9.17) is 11.6 Å². The number of amides is 1. The molecular weight excluding hydrogens is 436 g/mol. The molecule has 1 aliphatic carbocycles. The van der Waals surface area contributed by atoms with Gasteiger partial charge in [-0.3, -0.25) is 4.79 Å². The van der Waals surface area contributed by atoms with Crippen LogP contribution in [0, 0.1) is 17.6 Å². The number of rotatable bonds is 5. The van der Waals surface area contributed by atoms with E-state index in [2.05, 4.69) is 0 Å². The molecule has 2 aromatic carbocycles. The lowest BCUT2D eigenvalue weighted by Crippen LogP contribution is -2.49. The molecule has 2 N–H and O–H groups in total. The van der Waals surface area contributed by atoms with Gasteiger partial charge >= 0.3 is 0 Å². The van der Waals surface area contributed by atoms with Crippen molar-refractivity contribution in [3.05, 3.63) is 69.2 Å². The fraction of sp³-hybridized carbons (Fsp3) is 0.480. The van der Waals surface area contributed by atoms with E-state index in [9.17, 15) is 23.8 Å². The number of carbonyl (C=O) groups excluding carboxylic acids is 1. The number of nitrogens with zero attached hydrogens (tertiary/aromatic N) is 1. The predicted molar refractivity (Wildman–Crippen MR) is 118 cm³/mol. The fourth-order valence-electron chi connectivity index (χ4n) is 5.28. The molecule has 0 aromatic heterocycles. The summed E-state index contributed by atoms with van der Waals surface area (Å²) >= 11 is 6.11. The molecule has 32 heavy (non-hydrogen) atoms. The van der Waals surface area contributed by atoms with Gasteiger partial charge in [0, 0.05) is 10.6 Å². The molecule has 4 nitrogen and oxygen atoms in total. The van der Waals surface area contributed by atoms with E-state index in [-0.39, 0.29) is 47.2 Å². The zero-order valence-electron chi connectivity index (χ0n) is 18.4. The van der Waals surface area contributed by atoms with Gasteiger partial charge in [0.15, 0.2) is 0 Å². The van der Waals surface area contributed by atoms with Gasteiger partial charge < -0.3 is 15.1 Å². The Morgan fingerprint density at radius 1 is 1.22 bits per heavy atom. The van der Waals surface area contributed by atoms with Crippen LogP contribution in [0.15, 0.2) is 30.3 Å². The van der Waals surface area contributed by atoms with Crippen molar-refractivity contribution in [3.8, 4) is 0 Å². The van der Waals surface area contributed by atoms with Crippen LogP contribution in [0.5, 0.6) is 0 Å². The first-order chi connectivity index (χ1) is 15.0. The van der Waals surface area contributed by atoms with Crippen molar-refractivity contribution >= 4 is 17.5 Å². The van der Waals surface area contributed by atoms with Gasteiger partial charge in [0.05, 0.1) is 30.7 Å². The average molecular weight is 464 g/mol. The Labute approximate surface area is 191 Å². The van der Waals surface area contributed by atoms with E-state index >= 15 is 0 Å². The molecule has 1 amide bonds. The maximum atomic E-state index is 14.9. The first-order valence-electron chi connectivity index (χ1n) is 10.9. The van der Waals surface area contributed by atoms with Gasteiger partial charge in [0.1, 0.15) is 11.6 Å². The third-order valence-corrected chi connectivity index (χ3v) is 7.35. The molecular formula is C25H28ClF2NO3. The number of aliphatic hydroxyl groups excluding tert-OH is 1. The minimum atomic E-state index is -0.905. The molecule has 2 aliphatic rings. The minimum absolute atomic E-state index is 0.0331. The SMILES string of the molecule is C[C@H]1c2ccc(F)c(C3C[C@H]3C(C)(C)O)c2C[C@H](CO)N1C(=O)Cc1c(F)cccc1Cl. The summed E-state index contributed by atoms with van der Waals surface area (Å²) in [4.78, 5) is 14.8. The molecule has 1 aliphatic heterocycles. The number of aliphatic hydroxyl groups is 2. The number of halogens is 3. The molecule has 0 radical (unpaired) electrons. The van der Waals surface area contributed by atoms with Gasteiger partial charge in [-0.25, -0.2) is 8.78 Å². The Balaban J connectivity index is 1.68. The monoisotopic (exact) mass is 463 g/mol. The van der Waals surface area contributed by atoms with Crippen molar-refractivity contribution < 1.29 is 23.8 Å². The molecule has 1 unspecified atom stereocenters. The molecule has 0 saturated heterocycles. The first kappa shape index (κ1) is 23.1. The summed E-state index contributed by atoms with van der Waals surface area (Å²) in [5.41, 5.74) is 1.43. The van der Waals surface area contributed by atoms with Crippen molar-refractivity contribution in [2.24, 2.45) is 5.92 Å². The molecule has 1 saturated carbocycles. The summed E-state index contributed by atoms with van der Waals surface area (Å²) in [5, 5.41) is 20.7. The predicted octanol–water partition coefficient (Wildman–Crippen LogP) is 4.54. The van der Waals surface area contributed by atoms with Gasteiger partial charge in [-0.15, -0.1) is 0 Å². The second kappa shape index (κ2) is 8.40. The lowest BCUT2D eigenvalue weighted by molar-refractivity contribution is -0.137. The minimum Gasteiger partial charge on any atom is -0.394 e. The number of fused-ring (bicyclic) bond motifs is 1. The van der Waals surface area contributed by atoms with E-state index in [0.29, 0.717) is 18.4 Å². The van der Waals surface area contributed by atoms with Gasteiger partial charge in [-0.1, -0.05) is 23.7 Å². The highest BCUT2D eigenvalue weighted by Gasteiger charge is 2.50. The highest BCUT2D eigenvalue weighted by Crippen LogP contribution is 2.56. The van der Waals surface area contributed by atoms with Crippen LogP contribution in [0.4, 0.5) is 8.78 Å². The molecule has 1 heterocycles. The van der Waals surface area contributed by atoms with Crippen LogP contribution >= 0.6 is 11.6 Å². The number of hydrogen-bond donors (Lipinski definition) is 2. The third kappa shape index (κ3) is 4.04.